The lowest BCUT2D eigenvalue weighted by molar-refractivity contribution is 0.210. The zero-order chi connectivity index (χ0) is 14.8. The topological polar surface area (TPSA) is 30.5 Å². The van der Waals surface area contributed by atoms with E-state index in [1.165, 1.54) is 12.8 Å². The minimum absolute atomic E-state index is 0.268. The van der Waals surface area contributed by atoms with Crippen LogP contribution < -0.4 is 14.8 Å². The predicted molar refractivity (Wildman–Crippen MR) is 78.3 cm³/mol. The van der Waals surface area contributed by atoms with Crippen LogP contribution in [0.4, 0.5) is 4.39 Å². The van der Waals surface area contributed by atoms with Crippen LogP contribution in [0.1, 0.15) is 50.3 Å². The van der Waals surface area contributed by atoms with E-state index in [-0.39, 0.29) is 6.04 Å². The molecule has 1 fully saturated rings. The minimum Gasteiger partial charge on any atom is -0.493 e. The third-order valence-corrected chi connectivity index (χ3v) is 3.85. The quantitative estimate of drug-likeness (QED) is 0.912. The highest BCUT2D eigenvalue weighted by Crippen LogP contribution is 2.42. The maximum Gasteiger partial charge on any atom is 0.167 e. The summed E-state index contributed by atoms with van der Waals surface area (Å²) in [4.78, 5) is 0. The molecule has 1 saturated heterocycles. The van der Waals surface area contributed by atoms with Crippen molar-refractivity contribution in [2.45, 2.75) is 44.8 Å². The average molecular weight is 281 g/mol. The zero-order valence-corrected chi connectivity index (χ0v) is 12.8. The molecule has 1 aliphatic rings. The molecule has 0 radical (unpaired) electrons. The van der Waals surface area contributed by atoms with Crippen molar-refractivity contribution in [3.05, 3.63) is 23.3 Å². The Balaban J connectivity index is 2.48. The van der Waals surface area contributed by atoms with Gasteiger partial charge in [0.05, 0.1) is 14.2 Å². The van der Waals surface area contributed by atoms with Gasteiger partial charge in [-0.1, -0.05) is 6.42 Å². The van der Waals surface area contributed by atoms with Crippen molar-refractivity contribution in [1.82, 2.24) is 5.32 Å². The molecule has 0 saturated carbocycles. The van der Waals surface area contributed by atoms with E-state index in [2.05, 4.69) is 5.32 Å². The first-order chi connectivity index (χ1) is 9.47. The highest BCUT2D eigenvalue weighted by molar-refractivity contribution is 5.52. The van der Waals surface area contributed by atoms with E-state index in [4.69, 9.17) is 9.47 Å². The second kappa shape index (κ2) is 6.00. The summed E-state index contributed by atoms with van der Waals surface area (Å²) < 4.78 is 25.2. The average Bonchev–Trinajstić information content (AvgIpc) is 2.45. The van der Waals surface area contributed by atoms with Crippen molar-refractivity contribution in [3.63, 3.8) is 0 Å². The van der Waals surface area contributed by atoms with Gasteiger partial charge in [0.15, 0.2) is 11.5 Å². The second-order valence-corrected chi connectivity index (χ2v) is 5.78. The highest BCUT2D eigenvalue weighted by Gasteiger charge is 2.28. The van der Waals surface area contributed by atoms with Gasteiger partial charge in [0, 0.05) is 11.6 Å². The molecule has 0 aromatic heterocycles. The Morgan fingerprint density at radius 2 is 1.95 bits per heavy atom. The summed E-state index contributed by atoms with van der Waals surface area (Å²) in [5, 5.41) is 3.48. The summed E-state index contributed by atoms with van der Waals surface area (Å²) in [7, 11) is 3.14. The smallest absolute Gasteiger partial charge is 0.167 e. The van der Waals surface area contributed by atoms with E-state index in [1.807, 2.05) is 12.1 Å². The van der Waals surface area contributed by atoms with Gasteiger partial charge < -0.3 is 14.8 Å². The number of nitrogens with one attached hydrogen (secondary N) is 1. The molecule has 0 bridgehead atoms. The molecule has 1 heterocycles. The maximum absolute atomic E-state index is 14.5. The number of piperidine rings is 1. The van der Waals surface area contributed by atoms with Crippen LogP contribution in [0.25, 0.3) is 0 Å². The Morgan fingerprint density at radius 1 is 1.20 bits per heavy atom. The number of hydrogen-bond donors (Lipinski definition) is 1. The van der Waals surface area contributed by atoms with Crippen molar-refractivity contribution in [2.75, 3.05) is 20.8 Å². The Labute approximate surface area is 120 Å². The van der Waals surface area contributed by atoms with Crippen molar-refractivity contribution in [3.8, 4) is 11.5 Å². The molecule has 0 aliphatic carbocycles. The molecular weight excluding hydrogens is 257 g/mol. The number of benzene rings is 1. The van der Waals surface area contributed by atoms with Crippen molar-refractivity contribution in [1.29, 1.82) is 0 Å². The summed E-state index contributed by atoms with van der Waals surface area (Å²) in [6, 6.07) is 4.13. The summed E-state index contributed by atoms with van der Waals surface area (Å²) in [6.07, 6.45) is 3.47. The molecule has 0 amide bonds. The molecule has 1 aromatic rings. The minimum atomic E-state index is -1.47. The van der Waals surface area contributed by atoms with Crippen LogP contribution in [0.2, 0.25) is 0 Å². The van der Waals surface area contributed by atoms with Gasteiger partial charge in [0.25, 0.3) is 0 Å². The van der Waals surface area contributed by atoms with Crippen molar-refractivity contribution >= 4 is 0 Å². The lowest BCUT2D eigenvalue weighted by Crippen LogP contribution is -2.27. The van der Waals surface area contributed by atoms with Gasteiger partial charge in [0.2, 0.25) is 0 Å². The van der Waals surface area contributed by atoms with Gasteiger partial charge >= 0.3 is 0 Å². The van der Waals surface area contributed by atoms with Gasteiger partial charge in [-0.25, -0.2) is 4.39 Å². The molecule has 1 aromatic carbocycles. The second-order valence-electron chi connectivity index (χ2n) is 5.78. The fourth-order valence-electron chi connectivity index (χ4n) is 2.76. The molecule has 112 valence electrons. The number of methoxy groups -OCH3 is 2. The third kappa shape index (κ3) is 3.06. The first-order valence-electron chi connectivity index (χ1n) is 7.16. The predicted octanol–water partition coefficient (Wildman–Crippen LogP) is 3.72. The normalized spacial score (nSPS) is 19.8. The fraction of sp³-hybridized carbons (Fsp3) is 0.625. The van der Waals surface area contributed by atoms with Crippen molar-refractivity contribution in [2.24, 2.45) is 0 Å². The van der Waals surface area contributed by atoms with Crippen molar-refractivity contribution < 1.29 is 13.9 Å². The summed E-state index contributed by atoms with van der Waals surface area (Å²) in [5.74, 6) is 1.08. The van der Waals surface area contributed by atoms with Crippen LogP contribution in [0.3, 0.4) is 0 Å². The van der Waals surface area contributed by atoms with Gasteiger partial charge in [0.1, 0.15) is 5.67 Å². The maximum atomic E-state index is 14.5. The Kier molecular flexibility index (Phi) is 4.53. The van der Waals surface area contributed by atoms with Gasteiger partial charge in [-0.05, 0) is 50.9 Å². The zero-order valence-electron chi connectivity index (χ0n) is 12.8. The first-order valence-corrected chi connectivity index (χ1v) is 7.16. The van der Waals surface area contributed by atoms with E-state index < -0.39 is 5.67 Å². The summed E-state index contributed by atoms with van der Waals surface area (Å²) >= 11 is 0. The fourth-order valence-corrected chi connectivity index (χ4v) is 2.76. The lowest BCUT2D eigenvalue weighted by atomic mass is 9.91. The number of rotatable bonds is 4. The Bertz CT molecular complexity index is 462. The highest BCUT2D eigenvalue weighted by atomic mass is 19.1. The molecule has 1 N–H and O–H groups in total. The van der Waals surface area contributed by atoms with E-state index >= 15 is 0 Å². The number of alkyl halides is 1. The third-order valence-electron chi connectivity index (χ3n) is 3.85. The van der Waals surface area contributed by atoms with Gasteiger partial charge in [-0.3, -0.25) is 0 Å². The molecule has 4 heteroatoms. The largest absolute Gasteiger partial charge is 0.493 e. The SMILES string of the molecule is COc1cc(C2CCCCN2)cc(C(C)(C)F)c1OC. The lowest BCUT2D eigenvalue weighted by Gasteiger charge is -2.27. The summed E-state index contributed by atoms with van der Waals surface area (Å²) in [5.41, 5.74) is 0.147. The number of ether oxygens (including phenoxy) is 2. The Morgan fingerprint density at radius 3 is 2.45 bits per heavy atom. The molecule has 3 nitrogen and oxygen atoms in total. The molecule has 20 heavy (non-hydrogen) atoms. The van der Waals surface area contributed by atoms with Crippen LogP contribution in [-0.4, -0.2) is 20.8 Å². The first kappa shape index (κ1) is 15.1. The molecule has 0 spiro atoms. The van der Waals surface area contributed by atoms with E-state index in [9.17, 15) is 4.39 Å². The van der Waals surface area contributed by atoms with E-state index in [0.717, 1.165) is 18.5 Å². The van der Waals surface area contributed by atoms with Crippen LogP contribution in [0.15, 0.2) is 12.1 Å². The standard InChI is InChI=1S/C16H24FNO2/c1-16(2,17)12-9-11(13-7-5-6-8-18-13)10-14(19-3)15(12)20-4/h9-10,13,18H,5-8H2,1-4H3. The number of hydrogen-bond acceptors (Lipinski definition) is 3. The van der Waals surface area contributed by atoms with Crippen LogP contribution in [-0.2, 0) is 5.67 Å². The summed E-state index contributed by atoms with van der Waals surface area (Å²) in [6.45, 7) is 4.10. The Hall–Kier alpha value is -1.29. The van der Waals surface area contributed by atoms with Crippen LogP contribution in [0, 0.1) is 0 Å². The molecular formula is C16H24FNO2. The monoisotopic (exact) mass is 281 g/mol. The van der Waals surface area contributed by atoms with E-state index in [0.29, 0.717) is 17.1 Å². The molecule has 1 atom stereocenters. The van der Waals surface area contributed by atoms with Gasteiger partial charge in [-0.2, -0.15) is 0 Å². The van der Waals surface area contributed by atoms with Crippen LogP contribution in [0.5, 0.6) is 11.5 Å². The number of halogens is 1. The van der Waals surface area contributed by atoms with Gasteiger partial charge in [-0.15, -0.1) is 0 Å². The molecule has 1 aliphatic heterocycles. The van der Waals surface area contributed by atoms with E-state index in [1.54, 1.807) is 28.1 Å². The van der Waals surface area contributed by atoms with Crippen LogP contribution >= 0.6 is 0 Å². The molecule has 2 rings (SSSR count). The molecule has 1 unspecified atom stereocenters.